The van der Waals surface area contributed by atoms with Crippen molar-refractivity contribution in [3.63, 3.8) is 0 Å². The first-order valence-corrected chi connectivity index (χ1v) is 6.75. The molecule has 1 aromatic heterocycles. The largest absolute Gasteiger partial charge is 0.314 e. The van der Waals surface area contributed by atoms with Gasteiger partial charge in [-0.1, -0.05) is 18.1 Å². The molecule has 5 nitrogen and oxygen atoms in total. The second-order valence-corrected chi connectivity index (χ2v) is 5.15. The Morgan fingerprint density at radius 2 is 2.00 bits per heavy atom. The summed E-state index contributed by atoms with van der Waals surface area (Å²) in [6, 6.07) is 0.610. The standard InChI is InChI=1S/C12H21N5/c1-2-4-12(3-1)17-10-11(14-15-17)9-16-7-5-13-6-8-16/h10,12-13H,1-9H2. The van der Waals surface area contributed by atoms with Crippen LogP contribution in [-0.2, 0) is 6.54 Å². The maximum absolute atomic E-state index is 4.31. The molecule has 0 aromatic carbocycles. The second kappa shape index (κ2) is 5.14. The molecule has 1 aromatic rings. The molecule has 0 amide bonds. The molecule has 0 atom stereocenters. The monoisotopic (exact) mass is 235 g/mol. The van der Waals surface area contributed by atoms with Crippen LogP contribution in [0.15, 0.2) is 6.20 Å². The van der Waals surface area contributed by atoms with Crippen molar-refractivity contribution in [2.24, 2.45) is 0 Å². The van der Waals surface area contributed by atoms with Crippen molar-refractivity contribution in [3.8, 4) is 0 Å². The maximum Gasteiger partial charge on any atom is 0.0967 e. The van der Waals surface area contributed by atoms with Gasteiger partial charge in [0.1, 0.15) is 0 Å². The summed E-state index contributed by atoms with van der Waals surface area (Å²) in [7, 11) is 0. The molecule has 2 fully saturated rings. The van der Waals surface area contributed by atoms with Crippen molar-refractivity contribution in [1.82, 2.24) is 25.2 Å². The minimum Gasteiger partial charge on any atom is -0.314 e. The Labute approximate surface area is 102 Å². The summed E-state index contributed by atoms with van der Waals surface area (Å²) in [6.45, 7) is 5.38. The SMILES string of the molecule is c1c(CN2CCNCC2)nnn1C1CCCC1. The minimum atomic E-state index is 0.610. The van der Waals surface area contributed by atoms with E-state index in [9.17, 15) is 0 Å². The third-order valence-corrected chi connectivity index (χ3v) is 3.85. The van der Waals surface area contributed by atoms with Gasteiger partial charge >= 0.3 is 0 Å². The fraction of sp³-hybridized carbons (Fsp3) is 0.833. The zero-order chi connectivity index (χ0) is 11.5. The van der Waals surface area contributed by atoms with Crippen molar-refractivity contribution in [2.75, 3.05) is 26.2 Å². The van der Waals surface area contributed by atoms with Crippen molar-refractivity contribution in [3.05, 3.63) is 11.9 Å². The lowest BCUT2D eigenvalue weighted by Gasteiger charge is -2.26. The summed E-state index contributed by atoms with van der Waals surface area (Å²) < 4.78 is 2.09. The third kappa shape index (κ3) is 2.66. The highest BCUT2D eigenvalue weighted by atomic mass is 15.4. The van der Waals surface area contributed by atoms with Crippen LogP contribution in [0.3, 0.4) is 0 Å². The van der Waals surface area contributed by atoms with Gasteiger partial charge < -0.3 is 5.32 Å². The van der Waals surface area contributed by atoms with Gasteiger partial charge in [0.05, 0.1) is 17.9 Å². The van der Waals surface area contributed by atoms with Crippen LogP contribution < -0.4 is 5.32 Å². The number of hydrogen-bond acceptors (Lipinski definition) is 4. The molecule has 1 saturated heterocycles. The molecular weight excluding hydrogens is 214 g/mol. The maximum atomic E-state index is 4.31. The molecule has 1 saturated carbocycles. The van der Waals surface area contributed by atoms with E-state index in [0.29, 0.717) is 6.04 Å². The first kappa shape index (κ1) is 11.2. The number of rotatable bonds is 3. The average Bonchev–Trinajstić information content (AvgIpc) is 3.00. The molecule has 1 N–H and O–H groups in total. The smallest absolute Gasteiger partial charge is 0.0967 e. The molecule has 17 heavy (non-hydrogen) atoms. The van der Waals surface area contributed by atoms with Crippen LogP contribution in [0.5, 0.6) is 0 Å². The van der Waals surface area contributed by atoms with E-state index in [2.05, 4.69) is 31.4 Å². The van der Waals surface area contributed by atoms with Gasteiger partial charge in [0, 0.05) is 32.7 Å². The summed E-state index contributed by atoms with van der Waals surface area (Å²) in [5.74, 6) is 0. The van der Waals surface area contributed by atoms with Crippen LogP contribution in [0.1, 0.15) is 37.4 Å². The highest BCUT2D eigenvalue weighted by Crippen LogP contribution is 2.28. The van der Waals surface area contributed by atoms with E-state index in [1.165, 1.54) is 25.7 Å². The molecular formula is C12H21N5. The van der Waals surface area contributed by atoms with E-state index in [4.69, 9.17) is 0 Å². The Hall–Kier alpha value is -0.940. The van der Waals surface area contributed by atoms with Gasteiger partial charge in [-0.15, -0.1) is 5.10 Å². The first-order chi connectivity index (χ1) is 8.42. The highest BCUT2D eigenvalue weighted by Gasteiger charge is 2.19. The van der Waals surface area contributed by atoms with Gasteiger partial charge in [0.2, 0.25) is 0 Å². The normalized spacial score (nSPS) is 23.3. The van der Waals surface area contributed by atoms with Crippen molar-refractivity contribution >= 4 is 0 Å². The van der Waals surface area contributed by atoms with E-state index >= 15 is 0 Å². The lowest BCUT2D eigenvalue weighted by atomic mass is 10.2. The number of hydrogen-bond donors (Lipinski definition) is 1. The fourth-order valence-electron chi connectivity index (χ4n) is 2.83. The summed E-state index contributed by atoms with van der Waals surface area (Å²) >= 11 is 0. The molecule has 2 aliphatic rings. The van der Waals surface area contributed by atoms with Crippen molar-refractivity contribution in [2.45, 2.75) is 38.3 Å². The molecule has 0 radical (unpaired) electrons. The van der Waals surface area contributed by atoms with Gasteiger partial charge in [0.15, 0.2) is 0 Å². The molecule has 2 heterocycles. The quantitative estimate of drug-likeness (QED) is 0.841. The third-order valence-electron chi connectivity index (χ3n) is 3.85. The second-order valence-electron chi connectivity index (χ2n) is 5.15. The number of nitrogens with one attached hydrogen (secondary N) is 1. The van der Waals surface area contributed by atoms with E-state index < -0.39 is 0 Å². The predicted molar refractivity (Wildman–Crippen MR) is 65.7 cm³/mol. The zero-order valence-electron chi connectivity index (χ0n) is 10.3. The van der Waals surface area contributed by atoms with Gasteiger partial charge in [-0.3, -0.25) is 4.90 Å². The summed E-state index contributed by atoms with van der Waals surface area (Å²) in [6.07, 6.45) is 7.39. The zero-order valence-corrected chi connectivity index (χ0v) is 10.3. The van der Waals surface area contributed by atoms with Crippen molar-refractivity contribution in [1.29, 1.82) is 0 Å². The molecule has 0 spiro atoms. The fourth-order valence-corrected chi connectivity index (χ4v) is 2.83. The summed E-state index contributed by atoms with van der Waals surface area (Å²) in [4.78, 5) is 2.44. The molecule has 1 aliphatic heterocycles. The summed E-state index contributed by atoms with van der Waals surface area (Å²) in [5.41, 5.74) is 1.12. The van der Waals surface area contributed by atoms with E-state index in [0.717, 1.165) is 38.4 Å². The van der Waals surface area contributed by atoms with Crippen LogP contribution in [0.25, 0.3) is 0 Å². The predicted octanol–water partition coefficient (Wildman–Crippen LogP) is 0.798. The van der Waals surface area contributed by atoms with E-state index in [1.807, 2.05) is 0 Å². The number of aromatic nitrogens is 3. The number of nitrogens with zero attached hydrogens (tertiary/aromatic N) is 4. The molecule has 1 aliphatic carbocycles. The molecule has 0 bridgehead atoms. The summed E-state index contributed by atoms with van der Waals surface area (Å²) in [5, 5.41) is 12.0. The van der Waals surface area contributed by atoms with Crippen LogP contribution >= 0.6 is 0 Å². The van der Waals surface area contributed by atoms with E-state index in [-0.39, 0.29) is 0 Å². The lowest BCUT2D eigenvalue weighted by Crippen LogP contribution is -2.42. The van der Waals surface area contributed by atoms with Gasteiger partial charge in [-0.05, 0) is 12.8 Å². The first-order valence-electron chi connectivity index (χ1n) is 6.75. The van der Waals surface area contributed by atoms with Crippen LogP contribution in [-0.4, -0.2) is 46.1 Å². The van der Waals surface area contributed by atoms with Crippen LogP contribution in [0.4, 0.5) is 0 Å². The Balaban J connectivity index is 1.59. The van der Waals surface area contributed by atoms with Gasteiger partial charge in [-0.2, -0.15) is 0 Å². The Morgan fingerprint density at radius 3 is 2.76 bits per heavy atom. The molecule has 94 valence electrons. The Bertz CT molecular complexity index is 350. The number of piperazine rings is 1. The van der Waals surface area contributed by atoms with Crippen LogP contribution in [0, 0.1) is 0 Å². The van der Waals surface area contributed by atoms with Crippen LogP contribution in [0.2, 0.25) is 0 Å². The topological polar surface area (TPSA) is 46.0 Å². The highest BCUT2D eigenvalue weighted by molar-refractivity contribution is 4.94. The average molecular weight is 235 g/mol. The Kier molecular flexibility index (Phi) is 3.38. The molecule has 5 heteroatoms. The molecule has 3 rings (SSSR count). The Morgan fingerprint density at radius 1 is 1.24 bits per heavy atom. The van der Waals surface area contributed by atoms with E-state index in [1.54, 1.807) is 0 Å². The molecule has 0 unspecified atom stereocenters. The van der Waals surface area contributed by atoms with Gasteiger partial charge in [-0.25, -0.2) is 4.68 Å². The van der Waals surface area contributed by atoms with Gasteiger partial charge in [0.25, 0.3) is 0 Å². The van der Waals surface area contributed by atoms with Crippen molar-refractivity contribution < 1.29 is 0 Å². The minimum absolute atomic E-state index is 0.610. The lowest BCUT2D eigenvalue weighted by molar-refractivity contribution is 0.230.